The molecule has 1 fully saturated rings. The molecule has 0 spiro atoms. The van der Waals surface area contributed by atoms with Crippen LogP contribution in [-0.4, -0.2) is 52.3 Å². The molecule has 0 radical (unpaired) electrons. The van der Waals surface area contributed by atoms with Gasteiger partial charge in [0.25, 0.3) is 0 Å². The minimum atomic E-state index is -2.90. The third-order valence-corrected chi connectivity index (χ3v) is 6.77. The molecule has 24 heavy (non-hydrogen) atoms. The molecule has 2 heterocycles. The summed E-state index contributed by atoms with van der Waals surface area (Å²) >= 11 is 5.50. The quantitative estimate of drug-likeness (QED) is 0.775. The number of nitrogens with zero attached hydrogens (tertiary/aromatic N) is 4. The fraction of sp³-hybridized carbons (Fsp3) is 0.500. The minimum absolute atomic E-state index is 0.0294. The number of aryl methyl sites for hydroxylation is 1. The highest BCUT2D eigenvalue weighted by molar-refractivity contribution is 7.91. The Balaban J connectivity index is 1.83. The summed E-state index contributed by atoms with van der Waals surface area (Å²) < 4.78 is 27.6. The monoisotopic (exact) mass is 366 g/mol. The molecule has 1 aliphatic rings. The lowest BCUT2D eigenvalue weighted by atomic mass is 10.1. The van der Waals surface area contributed by atoms with Crippen molar-refractivity contribution in [3.05, 3.63) is 34.6 Å². The summed E-state index contributed by atoms with van der Waals surface area (Å²) in [6.07, 6.45) is 0.670. The summed E-state index contributed by atoms with van der Waals surface area (Å²) in [4.78, 5) is 2.02. The molecule has 0 aliphatic carbocycles. The average Bonchev–Trinajstić information content (AvgIpc) is 3.03. The van der Waals surface area contributed by atoms with Crippen molar-refractivity contribution in [2.45, 2.75) is 26.1 Å². The molecule has 130 valence electrons. The van der Waals surface area contributed by atoms with Gasteiger partial charge in [0.1, 0.15) is 0 Å². The van der Waals surface area contributed by atoms with E-state index < -0.39 is 9.84 Å². The van der Waals surface area contributed by atoms with Crippen LogP contribution >= 0.6 is 12.2 Å². The minimum Gasteiger partial charge on any atom is -0.303 e. The van der Waals surface area contributed by atoms with Crippen LogP contribution in [-0.2, 0) is 23.6 Å². The van der Waals surface area contributed by atoms with Crippen molar-refractivity contribution < 1.29 is 8.42 Å². The number of hydrogen-bond donors (Lipinski definition) is 0. The molecule has 0 N–H and O–H groups in total. The third kappa shape index (κ3) is 3.45. The molecule has 6 nitrogen and oxygen atoms in total. The highest BCUT2D eigenvalue weighted by Crippen LogP contribution is 2.20. The Morgan fingerprint density at radius 2 is 2.00 bits per heavy atom. The molecule has 1 saturated heterocycles. The first-order valence-electron chi connectivity index (χ1n) is 7.88. The SMILES string of the molecule is Cc1ccc(-c2nn(CN(C)[C@@H]3CCS(=O)(=O)C3)c(=S)n2C)cc1. The molecule has 0 unspecified atom stereocenters. The van der Waals surface area contributed by atoms with Gasteiger partial charge in [-0.3, -0.25) is 4.90 Å². The molecule has 2 aromatic rings. The smallest absolute Gasteiger partial charge is 0.199 e. The Kier molecular flexibility index (Phi) is 4.63. The van der Waals surface area contributed by atoms with Crippen LogP contribution in [0.3, 0.4) is 0 Å². The van der Waals surface area contributed by atoms with Gasteiger partial charge in [-0.2, -0.15) is 5.10 Å². The summed E-state index contributed by atoms with van der Waals surface area (Å²) in [6, 6.07) is 8.19. The van der Waals surface area contributed by atoms with Gasteiger partial charge in [0, 0.05) is 18.7 Å². The molecule has 0 saturated carbocycles. The maximum atomic E-state index is 11.7. The van der Waals surface area contributed by atoms with E-state index in [1.165, 1.54) is 5.56 Å². The van der Waals surface area contributed by atoms with Crippen molar-refractivity contribution in [1.82, 2.24) is 19.2 Å². The Morgan fingerprint density at radius 1 is 1.33 bits per heavy atom. The lowest BCUT2D eigenvalue weighted by Gasteiger charge is -2.22. The van der Waals surface area contributed by atoms with Crippen molar-refractivity contribution in [2.75, 3.05) is 18.6 Å². The number of hydrogen-bond acceptors (Lipinski definition) is 5. The Bertz CT molecular complexity index is 897. The van der Waals surface area contributed by atoms with E-state index in [4.69, 9.17) is 12.2 Å². The zero-order chi connectivity index (χ0) is 17.5. The van der Waals surface area contributed by atoms with Crippen molar-refractivity contribution >= 4 is 22.1 Å². The van der Waals surface area contributed by atoms with E-state index in [-0.39, 0.29) is 17.5 Å². The van der Waals surface area contributed by atoms with Gasteiger partial charge in [-0.25, -0.2) is 13.1 Å². The van der Waals surface area contributed by atoms with E-state index in [0.29, 0.717) is 17.9 Å². The topological polar surface area (TPSA) is 60.1 Å². The van der Waals surface area contributed by atoms with Crippen LogP contribution < -0.4 is 0 Å². The maximum absolute atomic E-state index is 11.7. The lowest BCUT2D eigenvalue weighted by Crippen LogP contribution is -2.34. The Morgan fingerprint density at radius 3 is 2.58 bits per heavy atom. The van der Waals surface area contributed by atoms with E-state index in [1.807, 2.05) is 54.8 Å². The van der Waals surface area contributed by atoms with Crippen LogP contribution in [0.4, 0.5) is 0 Å². The van der Waals surface area contributed by atoms with Crippen molar-refractivity contribution in [2.24, 2.45) is 7.05 Å². The van der Waals surface area contributed by atoms with Crippen molar-refractivity contribution in [3.63, 3.8) is 0 Å². The van der Waals surface area contributed by atoms with Gasteiger partial charge in [-0.15, -0.1) is 0 Å². The Hall–Kier alpha value is -1.51. The summed E-state index contributed by atoms with van der Waals surface area (Å²) in [5.74, 6) is 1.30. The fourth-order valence-electron chi connectivity index (χ4n) is 2.98. The first-order chi connectivity index (χ1) is 11.3. The molecule has 0 bridgehead atoms. The third-order valence-electron chi connectivity index (χ3n) is 4.54. The van der Waals surface area contributed by atoms with Gasteiger partial charge in [-0.05, 0) is 32.6 Å². The second-order valence-corrected chi connectivity index (χ2v) is 9.08. The van der Waals surface area contributed by atoms with Gasteiger partial charge < -0.3 is 4.57 Å². The van der Waals surface area contributed by atoms with E-state index in [2.05, 4.69) is 5.10 Å². The van der Waals surface area contributed by atoms with E-state index >= 15 is 0 Å². The predicted octanol–water partition coefficient (Wildman–Crippen LogP) is 2.00. The molecule has 1 atom stereocenters. The van der Waals surface area contributed by atoms with E-state index in [0.717, 1.165) is 11.4 Å². The van der Waals surface area contributed by atoms with Crippen molar-refractivity contribution in [3.8, 4) is 11.4 Å². The van der Waals surface area contributed by atoms with Crippen LogP contribution in [0.1, 0.15) is 12.0 Å². The van der Waals surface area contributed by atoms with Crippen LogP contribution in [0.15, 0.2) is 24.3 Å². The summed E-state index contributed by atoms with van der Waals surface area (Å²) in [5.41, 5.74) is 2.21. The summed E-state index contributed by atoms with van der Waals surface area (Å²) in [6.45, 7) is 2.53. The van der Waals surface area contributed by atoms with Gasteiger partial charge in [-0.1, -0.05) is 29.8 Å². The molecular formula is C16H22N4O2S2. The zero-order valence-electron chi connectivity index (χ0n) is 14.1. The highest BCUT2D eigenvalue weighted by atomic mass is 32.2. The molecule has 1 aromatic carbocycles. The second-order valence-electron chi connectivity index (χ2n) is 6.49. The van der Waals surface area contributed by atoms with Gasteiger partial charge in [0.05, 0.1) is 18.2 Å². The van der Waals surface area contributed by atoms with Crippen LogP contribution in [0.5, 0.6) is 0 Å². The van der Waals surface area contributed by atoms with E-state index in [9.17, 15) is 8.42 Å². The lowest BCUT2D eigenvalue weighted by molar-refractivity contribution is 0.196. The number of benzene rings is 1. The first kappa shape index (κ1) is 17.3. The van der Waals surface area contributed by atoms with Crippen LogP contribution in [0, 0.1) is 11.7 Å². The molecule has 3 rings (SSSR count). The fourth-order valence-corrected chi connectivity index (χ4v) is 4.97. The van der Waals surface area contributed by atoms with Crippen LogP contribution in [0.25, 0.3) is 11.4 Å². The number of rotatable bonds is 4. The van der Waals surface area contributed by atoms with E-state index in [1.54, 1.807) is 4.68 Å². The van der Waals surface area contributed by atoms with Crippen LogP contribution in [0.2, 0.25) is 0 Å². The second kappa shape index (κ2) is 6.42. The molecule has 0 amide bonds. The zero-order valence-corrected chi connectivity index (χ0v) is 15.8. The van der Waals surface area contributed by atoms with Gasteiger partial charge in [0.15, 0.2) is 20.4 Å². The standard InChI is InChI=1S/C16H22N4O2S2/c1-12-4-6-13(7-5-12)15-17-20(16(23)19(15)3)11-18(2)14-8-9-24(21,22)10-14/h4-7,14H,8-11H2,1-3H3/t14-/m1/s1. The average molecular weight is 367 g/mol. The molecule has 1 aliphatic heterocycles. The summed E-state index contributed by atoms with van der Waals surface area (Å²) in [5, 5.41) is 4.64. The molecular weight excluding hydrogens is 344 g/mol. The maximum Gasteiger partial charge on any atom is 0.199 e. The van der Waals surface area contributed by atoms with Gasteiger partial charge in [0.2, 0.25) is 0 Å². The number of aromatic nitrogens is 3. The Labute approximate surface area is 147 Å². The molecule has 1 aromatic heterocycles. The first-order valence-corrected chi connectivity index (χ1v) is 10.1. The highest BCUT2D eigenvalue weighted by Gasteiger charge is 2.30. The largest absolute Gasteiger partial charge is 0.303 e. The summed E-state index contributed by atoms with van der Waals surface area (Å²) in [7, 11) is 0.932. The predicted molar refractivity (Wildman–Crippen MR) is 97.0 cm³/mol. The van der Waals surface area contributed by atoms with Crippen molar-refractivity contribution in [1.29, 1.82) is 0 Å². The normalized spacial score (nSPS) is 19.9. The molecule has 8 heteroatoms. The van der Waals surface area contributed by atoms with Gasteiger partial charge >= 0.3 is 0 Å². The number of sulfone groups is 1.